The molecule has 0 spiro atoms. The van der Waals surface area contributed by atoms with E-state index in [0.717, 1.165) is 38.5 Å². The van der Waals surface area contributed by atoms with Gasteiger partial charge in [0.25, 0.3) is 0 Å². The van der Waals surface area contributed by atoms with Crippen molar-refractivity contribution in [1.29, 1.82) is 0 Å². The molecule has 0 rings (SSSR count). The van der Waals surface area contributed by atoms with Crippen LogP contribution in [-0.4, -0.2) is 47.4 Å². The number of aliphatic hydroxyl groups is 2. The van der Waals surface area contributed by atoms with Crippen molar-refractivity contribution in [1.82, 2.24) is 5.32 Å². The highest BCUT2D eigenvalue weighted by Crippen LogP contribution is 2.19. The number of amides is 1. The molecule has 0 aliphatic rings. The van der Waals surface area contributed by atoms with Crippen molar-refractivity contribution >= 4 is 11.9 Å². The molecule has 0 saturated carbocycles. The van der Waals surface area contributed by atoms with E-state index in [-0.39, 0.29) is 18.5 Å². The van der Waals surface area contributed by atoms with Gasteiger partial charge in [-0.05, 0) is 25.7 Å². The summed E-state index contributed by atoms with van der Waals surface area (Å²) in [4.78, 5) is 24.6. The number of ether oxygens (including phenoxy) is 1. The van der Waals surface area contributed by atoms with Gasteiger partial charge in [-0.2, -0.15) is 0 Å². The minimum absolute atomic E-state index is 0.0164. The van der Waals surface area contributed by atoms with Crippen molar-refractivity contribution in [3.63, 3.8) is 0 Å². The lowest BCUT2D eigenvalue weighted by Gasteiger charge is -2.22. The smallest absolute Gasteiger partial charge is 0.305 e. The van der Waals surface area contributed by atoms with Crippen LogP contribution >= 0.6 is 0 Å². The highest BCUT2D eigenvalue weighted by atomic mass is 16.5. The fourth-order valence-electron chi connectivity index (χ4n) is 10.8. The average molecular weight is 1020 g/mol. The van der Waals surface area contributed by atoms with Crippen LogP contribution in [0.3, 0.4) is 0 Å². The molecule has 0 fully saturated rings. The van der Waals surface area contributed by atoms with Crippen molar-refractivity contribution < 1.29 is 24.5 Å². The van der Waals surface area contributed by atoms with Crippen molar-refractivity contribution in [2.24, 2.45) is 0 Å². The number of hydrogen-bond donors (Lipinski definition) is 3. The third-order valence-corrected chi connectivity index (χ3v) is 15.9. The summed E-state index contributed by atoms with van der Waals surface area (Å²) in [6.07, 6.45) is 74.1. The molecule has 72 heavy (non-hydrogen) atoms. The highest BCUT2D eigenvalue weighted by molar-refractivity contribution is 5.76. The minimum atomic E-state index is -0.665. The lowest BCUT2D eigenvalue weighted by molar-refractivity contribution is -0.143. The van der Waals surface area contributed by atoms with Gasteiger partial charge in [0, 0.05) is 12.8 Å². The molecule has 6 heteroatoms. The van der Waals surface area contributed by atoms with Gasteiger partial charge in [-0.15, -0.1) is 0 Å². The molecule has 2 unspecified atom stereocenters. The Bertz CT molecular complexity index is 1040. The Balaban J connectivity index is 3.36. The maximum Gasteiger partial charge on any atom is 0.305 e. The second kappa shape index (κ2) is 62.4. The van der Waals surface area contributed by atoms with Crippen molar-refractivity contribution in [2.75, 3.05) is 13.2 Å². The van der Waals surface area contributed by atoms with Crippen LogP contribution in [0.1, 0.15) is 386 Å². The molecule has 2 atom stereocenters. The SMILES string of the molecule is CCCCCCCCCCCCCCCCCCCCC(=O)OCCCCCCCCCCCCCCCCCCCCCCC(=O)NC(CO)C(O)CCCCCCCCCCCCCCCCCCC. The number of hydrogen-bond acceptors (Lipinski definition) is 5. The van der Waals surface area contributed by atoms with Crippen molar-refractivity contribution in [2.45, 2.75) is 398 Å². The van der Waals surface area contributed by atoms with Gasteiger partial charge < -0.3 is 20.3 Å². The molecule has 3 N–H and O–H groups in total. The first kappa shape index (κ1) is 70.9. The summed E-state index contributed by atoms with van der Waals surface area (Å²) in [5, 5.41) is 23.3. The van der Waals surface area contributed by atoms with Crippen LogP contribution in [0.25, 0.3) is 0 Å². The molecular formula is C66H131NO5. The van der Waals surface area contributed by atoms with Crippen LogP contribution in [0.15, 0.2) is 0 Å². The summed E-state index contributed by atoms with van der Waals surface area (Å²) in [6, 6.07) is -0.542. The quantitative estimate of drug-likeness (QED) is 0.0417. The molecule has 0 aromatic rings. The molecule has 0 radical (unpaired) electrons. The van der Waals surface area contributed by atoms with Gasteiger partial charge in [0.15, 0.2) is 0 Å². The van der Waals surface area contributed by atoms with E-state index in [9.17, 15) is 19.8 Å². The Morgan fingerprint density at radius 3 is 0.847 bits per heavy atom. The number of carbonyl (C=O) groups is 2. The Kier molecular flexibility index (Phi) is 61.4. The molecule has 0 bridgehead atoms. The number of rotatable bonds is 63. The van der Waals surface area contributed by atoms with E-state index in [0.29, 0.717) is 25.9 Å². The summed E-state index contributed by atoms with van der Waals surface area (Å²) < 4.78 is 5.51. The number of nitrogens with one attached hydrogen (secondary N) is 1. The first-order valence-corrected chi connectivity index (χ1v) is 33.3. The van der Waals surface area contributed by atoms with Gasteiger partial charge in [0.05, 0.1) is 25.4 Å². The first-order valence-electron chi connectivity index (χ1n) is 33.3. The van der Waals surface area contributed by atoms with Crippen LogP contribution in [0.5, 0.6) is 0 Å². The zero-order valence-corrected chi connectivity index (χ0v) is 49.2. The van der Waals surface area contributed by atoms with E-state index in [1.807, 2.05) is 0 Å². The van der Waals surface area contributed by atoms with Crippen LogP contribution in [0.2, 0.25) is 0 Å². The third-order valence-electron chi connectivity index (χ3n) is 15.9. The topological polar surface area (TPSA) is 95.9 Å². The summed E-state index contributed by atoms with van der Waals surface area (Å²) in [7, 11) is 0. The molecule has 0 aliphatic carbocycles. The molecular weight excluding hydrogens is 887 g/mol. The number of carbonyl (C=O) groups excluding carboxylic acids is 2. The molecule has 430 valence electrons. The van der Waals surface area contributed by atoms with Gasteiger partial charge in [-0.25, -0.2) is 0 Å². The third kappa shape index (κ3) is 58.1. The fourth-order valence-corrected chi connectivity index (χ4v) is 10.8. The second-order valence-corrected chi connectivity index (χ2v) is 23.2. The molecule has 0 heterocycles. The Morgan fingerprint density at radius 2 is 0.569 bits per heavy atom. The first-order chi connectivity index (χ1) is 35.5. The van der Waals surface area contributed by atoms with Gasteiger partial charge in [-0.3, -0.25) is 9.59 Å². The molecule has 0 saturated heterocycles. The lowest BCUT2D eigenvalue weighted by atomic mass is 10.0. The number of aliphatic hydroxyl groups excluding tert-OH is 2. The summed E-state index contributed by atoms with van der Waals surface area (Å²) >= 11 is 0. The Hall–Kier alpha value is -1.14. The largest absolute Gasteiger partial charge is 0.466 e. The van der Waals surface area contributed by atoms with E-state index in [1.165, 1.54) is 315 Å². The fraction of sp³-hybridized carbons (Fsp3) is 0.970. The van der Waals surface area contributed by atoms with Gasteiger partial charge in [0.2, 0.25) is 5.91 Å². The summed E-state index contributed by atoms with van der Waals surface area (Å²) in [5.74, 6) is -0.0162. The van der Waals surface area contributed by atoms with Crippen molar-refractivity contribution in [3.05, 3.63) is 0 Å². The van der Waals surface area contributed by atoms with Gasteiger partial charge in [0.1, 0.15) is 0 Å². The second-order valence-electron chi connectivity index (χ2n) is 23.2. The van der Waals surface area contributed by atoms with E-state index in [2.05, 4.69) is 19.2 Å². The molecule has 6 nitrogen and oxygen atoms in total. The molecule has 0 aliphatic heterocycles. The predicted octanol–water partition coefficient (Wildman–Crippen LogP) is 21.0. The van der Waals surface area contributed by atoms with E-state index < -0.39 is 12.1 Å². The van der Waals surface area contributed by atoms with E-state index >= 15 is 0 Å². The van der Waals surface area contributed by atoms with Crippen LogP contribution in [0, 0.1) is 0 Å². The normalized spacial score (nSPS) is 12.4. The monoisotopic (exact) mass is 1020 g/mol. The average Bonchev–Trinajstić information content (AvgIpc) is 3.38. The maximum absolute atomic E-state index is 12.5. The maximum atomic E-state index is 12.5. The van der Waals surface area contributed by atoms with Crippen LogP contribution in [-0.2, 0) is 14.3 Å². The lowest BCUT2D eigenvalue weighted by Crippen LogP contribution is -2.45. The van der Waals surface area contributed by atoms with Crippen LogP contribution in [0.4, 0.5) is 0 Å². The van der Waals surface area contributed by atoms with Gasteiger partial charge in [-0.1, -0.05) is 348 Å². The Morgan fingerprint density at radius 1 is 0.333 bits per heavy atom. The predicted molar refractivity (Wildman–Crippen MR) is 315 cm³/mol. The minimum Gasteiger partial charge on any atom is -0.466 e. The van der Waals surface area contributed by atoms with Crippen LogP contribution < -0.4 is 5.32 Å². The van der Waals surface area contributed by atoms with E-state index in [4.69, 9.17) is 4.74 Å². The number of unbranched alkanes of at least 4 members (excludes halogenated alkanes) is 52. The summed E-state index contributed by atoms with van der Waals surface area (Å²) in [6.45, 7) is 4.99. The Labute approximate surface area is 451 Å². The zero-order chi connectivity index (χ0) is 52.2. The van der Waals surface area contributed by atoms with Crippen molar-refractivity contribution in [3.8, 4) is 0 Å². The zero-order valence-electron chi connectivity index (χ0n) is 49.2. The standard InChI is InChI=1S/C66H131NO5/c1-3-5-7-9-11-13-15-17-19-21-28-32-36-40-44-48-52-56-60-66(71)72-61-57-53-49-45-41-37-33-29-25-23-22-24-27-31-35-39-43-47-51-55-59-65(70)67-63(62-68)64(69)58-54-50-46-42-38-34-30-26-20-18-16-14-12-10-8-6-4-2/h63-64,68-69H,3-62H2,1-2H3,(H,67,70). The van der Waals surface area contributed by atoms with E-state index in [1.54, 1.807) is 0 Å². The van der Waals surface area contributed by atoms with Gasteiger partial charge >= 0.3 is 5.97 Å². The highest BCUT2D eigenvalue weighted by Gasteiger charge is 2.20. The molecule has 0 aromatic heterocycles. The molecule has 0 aromatic carbocycles. The summed E-state index contributed by atoms with van der Waals surface area (Å²) in [5.41, 5.74) is 0. The number of esters is 1. The molecule has 1 amide bonds.